The Kier molecular flexibility index (Phi) is 4.88. The van der Waals surface area contributed by atoms with Gasteiger partial charge in [-0.3, -0.25) is 0 Å². The summed E-state index contributed by atoms with van der Waals surface area (Å²) in [6.45, 7) is 4.50. The summed E-state index contributed by atoms with van der Waals surface area (Å²) in [5, 5.41) is 3.62. The first kappa shape index (κ1) is 14.5. The van der Waals surface area contributed by atoms with Crippen LogP contribution in [0, 0.1) is 0 Å². The number of hydrogen-bond donors (Lipinski definition) is 1. The van der Waals surface area contributed by atoms with Crippen LogP contribution in [-0.4, -0.2) is 47.2 Å². The van der Waals surface area contributed by atoms with Gasteiger partial charge in [-0.25, -0.2) is 4.98 Å². The van der Waals surface area contributed by atoms with Gasteiger partial charge in [0.25, 0.3) is 0 Å². The standard InChI is InChI=1S/C17H26N4/c1-20-11-5-4-7-15(20)13-18-10-6-12-21-14-19-16-8-2-3-9-17(16)21/h2-3,8-9,14-15,18H,4-7,10-13H2,1H3. The molecule has 0 saturated carbocycles. The number of fused-ring (bicyclic) bond motifs is 1. The number of benzene rings is 1. The molecule has 0 spiro atoms. The Morgan fingerprint density at radius 2 is 2.19 bits per heavy atom. The molecule has 1 atom stereocenters. The molecule has 1 unspecified atom stereocenters. The lowest BCUT2D eigenvalue weighted by Gasteiger charge is -2.32. The zero-order valence-electron chi connectivity index (χ0n) is 13.0. The molecular weight excluding hydrogens is 260 g/mol. The monoisotopic (exact) mass is 286 g/mol. The Balaban J connectivity index is 1.40. The molecule has 2 aromatic rings. The minimum absolute atomic E-state index is 0.729. The van der Waals surface area contributed by atoms with Crippen LogP contribution in [-0.2, 0) is 6.54 Å². The molecule has 0 radical (unpaired) electrons. The molecule has 21 heavy (non-hydrogen) atoms. The van der Waals surface area contributed by atoms with Crippen molar-refractivity contribution in [1.82, 2.24) is 19.8 Å². The van der Waals surface area contributed by atoms with Crippen molar-refractivity contribution in [1.29, 1.82) is 0 Å². The van der Waals surface area contributed by atoms with Crippen LogP contribution in [0.1, 0.15) is 25.7 Å². The predicted octanol–water partition coefficient (Wildman–Crippen LogP) is 2.50. The number of nitrogens with one attached hydrogen (secondary N) is 1. The number of hydrogen-bond acceptors (Lipinski definition) is 3. The molecule has 0 aliphatic carbocycles. The third-order valence-electron chi connectivity index (χ3n) is 4.58. The smallest absolute Gasteiger partial charge is 0.0958 e. The summed E-state index contributed by atoms with van der Waals surface area (Å²) in [5.41, 5.74) is 2.33. The normalized spacial score (nSPS) is 20.1. The van der Waals surface area contributed by atoms with Crippen LogP contribution in [0.15, 0.2) is 30.6 Å². The first-order valence-corrected chi connectivity index (χ1v) is 8.15. The fourth-order valence-corrected chi connectivity index (χ4v) is 3.23. The minimum Gasteiger partial charge on any atom is -0.331 e. The van der Waals surface area contributed by atoms with Crippen molar-refractivity contribution >= 4 is 11.0 Å². The summed E-state index contributed by atoms with van der Waals surface area (Å²) in [7, 11) is 2.25. The Morgan fingerprint density at radius 3 is 3.10 bits per heavy atom. The quantitative estimate of drug-likeness (QED) is 0.828. The van der Waals surface area contributed by atoms with Gasteiger partial charge in [-0.1, -0.05) is 18.6 Å². The molecule has 1 N–H and O–H groups in total. The molecule has 0 bridgehead atoms. The summed E-state index contributed by atoms with van der Waals surface area (Å²) in [4.78, 5) is 6.94. The van der Waals surface area contributed by atoms with Crippen LogP contribution >= 0.6 is 0 Å². The van der Waals surface area contributed by atoms with Gasteiger partial charge >= 0.3 is 0 Å². The third kappa shape index (κ3) is 3.63. The number of likely N-dealkylation sites (N-methyl/N-ethyl adjacent to an activating group) is 1. The number of imidazole rings is 1. The fourth-order valence-electron chi connectivity index (χ4n) is 3.23. The fraction of sp³-hybridized carbons (Fsp3) is 0.588. The van der Waals surface area contributed by atoms with Crippen LogP contribution in [0.3, 0.4) is 0 Å². The van der Waals surface area contributed by atoms with Crippen LogP contribution in [0.5, 0.6) is 0 Å². The molecule has 4 heteroatoms. The third-order valence-corrected chi connectivity index (χ3v) is 4.58. The number of nitrogens with zero attached hydrogens (tertiary/aromatic N) is 3. The number of aromatic nitrogens is 2. The Labute approximate surface area is 127 Å². The molecule has 4 nitrogen and oxygen atoms in total. The number of rotatable bonds is 6. The topological polar surface area (TPSA) is 33.1 Å². The largest absolute Gasteiger partial charge is 0.331 e. The minimum atomic E-state index is 0.729. The summed E-state index contributed by atoms with van der Waals surface area (Å²) in [5.74, 6) is 0. The molecule has 2 heterocycles. The van der Waals surface area contributed by atoms with E-state index in [-0.39, 0.29) is 0 Å². The molecule has 1 aromatic carbocycles. The van der Waals surface area contributed by atoms with E-state index in [2.05, 4.69) is 45.0 Å². The average Bonchev–Trinajstić information content (AvgIpc) is 2.92. The van der Waals surface area contributed by atoms with Crippen molar-refractivity contribution in [2.75, 3.05) is 26.7 Å². The average molecular weight is 286 g/mol. The number of piperidine rings is 1. The van der Waals surface area contributed by atoms with E-state index in [1.165, 1.54) is 31.3 Å². The molecule has 1 aliphatic rings. The maximum atomic E-state index is 4.44. The summed E-state index contributed by atoms with van der Waals surface area (Å²) >= 11 is 0. The van der Waals surface area contributed by atoms with Crippen molar-refractivity contribution in [2.45, 2.75) is 38.3 Å². The van der Waals surface area contributed by atoms with E-state index in [9.17, 15) is 0 Å². The SMILES string of the molecule is CN1CCCCC1CNCCCn1cnc2ccccc21. The molecule has 3 rings (SSSR count). The zero-order chi connectivity index (χ0) is 14.5. The first-order valence-electron chi connectivity index (χ1n) is 8.15. The Morgan fingerprint density at radius 1 is 1.29 bits per heavy atom. The van der Waals surface area contributed by atoms with Crippen molar-refractivity contribution in [3.8, 4) is 0 Å². The molecule has 0 amide bonds. The second-order valence-corrected chi connectivity index (χ2v) is 6.11. The molecule has 1 fully saturated rings. The second kappa shape index (κ2) is 7.05. The first-order chi connectivity index (χ1) is 10.3. The Bertz CT molecular complexity index is 563. The second-order valence-electron chi connectivity index (χ2n) is 6.11. The van der Waals surface area contributed by atoms with E-state index in [0.29, 0.717) is 0 Å². The van der Waals surface area contributed by atoms with Gasteiger partial charge in [0.2, 0.25) is 0 Å². The molecule has 1 aromatic heterocycles. The highest BCUT2D eigenvalue weighted by Gasteiger charge is 2.17. The maximum Gasteiger partial charge on any atom is 0.0958 e. The van der Waals surface area contributed by atoms with Gasteiger partial charge < -0.3 is 14.8 Å². The van der Waals surface area contributed by atoms with Gasteiger partial charge in [-0.2, -0.15) is 0 Å². The van der Waals surface area contributed by atoms with Gasteiger partial charge in [-0.05, 0) is 51.5 Å². The lowest BCUT2D eigenvalue weighted by Crippen LogP contribution is -2.43. The van der Waals surface area contributed by atoms with E-state index in [0.717, 1.165) is 37.6 Å². The highest BCUT2D eigenvalue weighted by molar-refractivity contribution is 5.74. The number of likely N-dealkylation sites (tertiary alicyclic amines) is 1. The van der Waals surface area contributed by atoms with Crippen molar-refractivity contribution < 1.29 is 0 Å². The van der Waals surface area contributed by atoms with Crippen LogP contribution in [0.2, 0.25) is 0 Å². The van der Waals surface area contributed by atoms with Gasteiger partial charge in [0.15, 0.2) is 0 Å². The van der Waals surface area contributed by atoms with E-state index >= 15 is 0 Å². The molecule has 1 saturated heterocycles. The lowest BCUT2D eigenvalue weighted by atomic mass is 10.0. The highest BCUT2D eigenvalue weighted by atomic mass is 15.2. The van der Waals surface area contributed by atoms with Crippen LogP contribution < -0.4 is 5.32 Å². The van der Waals surface area contributed by atoms with Crippen molar-refractivity contribution in [3.05, 3.63) is 30.6 Å². The van der Waals surface area contributed by atoms with Gasteiger partial charge in [0.05, 0.1) is 17.4 Å². The van der Waals surface area contributed by atoms with Gasteiger partial charge in [-0.15, -0.1) is 0 Å². The highest BCUT2D eigenvalue weighted by Crippen LogP contribution is 2.14. The van der Waals surface area contributed by atoms with Crippen LogP contribution in [0.25, 0.3) is 11.0 Å². The molecule has 114 valence electrons. The summed E-state index contributed by atoms with van der Waals surface area (Å²) in [6.07, 6.45) is 7.20. The van der Waals surface area contributed by atoms with E-state index in [4.69, 9.17) is 0 Å². The summed E-state index contributed by atoms with van der Waals surface area (Å²) < 4.78 is 2.25. The maximum absolute atomic E-state index is 4.44. The Hall–Kier alpha value is -1.39. The van der Waals surface area contributed by atoms with Crippen LogP contribution in [0.4, 0.5) is 0 Å². The predicted molar refractivity (Wildman–Crippen MR) is 87.5 cm³/mol. The number of para-hydroxylation sites is 2. The van der Waals surface area contributed by atoms with E-state index in [1.807, 2.05) is 12.4 Å². The van der Waals surface area contributed by atoms with Gasteiger partial charge in [0, 0.05) is 19.1 Å². The molecule has 1 aliphatic heterocycles. The van der Waals surface area contributed by atoms with Gasteiger partial charge in [0.1, 0.15) is 0 Å². The van der Waals surface area contributed by atoms with Crippen molar-refractivity contribution in [3.63, 3.8) is 0 Å². The van der Waals surface area contributed by atoms with E-state index < -0.39 is 0 Å². The number of aryl methyl sites for hydroxylation is 1. The van der Waals surface area contributed by atoms with Crippen molar-refractivity contribution in [2.24, 2.45) is 0 Å². The zero-order valence-corrected chi connectivity index (χ0v) is 13.0. The molecular formula is C17H26N4. The lowest BCUT2D eigenvalue weighted by molar-refractivity contribution is 0.181. The van der Waals surface area contributed by atoms with E-state index in [1.54, 1.807) is 0 Å². The summed E-state index contributed by atoms with van der Waals surface area (Å²) in [6, 6.07) is 9.07.